The normalized spacial score (nSPS) is 11.1. The highest BCUT2D eigenvalue weighted by atomic mass is 35.5. The van der Waals surface area contributed by atoms with Gasteiger partial charge in [-0.05, 0) is 18.6 Å². The first-order valence-corrected chi connectivity index (χ1v) is 7.02. The fourth-order valence-electron chi connectivity index (χ4n) is 2.18. The second kappa shape index (κ2) is 6.06. The minimum absolute atomic E-state index is 0.246. The lowest BCUT2D eigenvalue weighted by molar-refractivity contribution is 0.566. The molecule has 0 saturated carbocycles. The van der Waals surface area contributed by atoms with Crippen molar-refractivity contribution < 1.29 is 0 Å². The minimum atomic E-state index is -0.266. The average molecular weight is 281 g/mol. The van der Waals surface area contributed by atoms with Gasteiger partial charge < -0.3 is 0 Å². The Balaban J connectivity index is 2.76. The van der Waals surface area contributed by atoms with E-state index in [4.69, 9.17) is 11.6 Å². The average Bonchev–Trinajstić information content (AvgIpc) is 2.43. The lowest BCUT2D eigenvalue weighted by Crippen LogP contribution is -2.40. The molecule has 0 aliphatic heterocycles. The summed E-state index contributed by atoms with van der Waals surface area (Å²) in [4.78, 5) is 24.6. The number of aryl methyl sites for hydroxylation is 1. The van der Waals surface area contributed by atoms with Gasteiger partial charge in [0.25, 0.3) is 5.56 Å². The number of fused-ring (bicyclic) bond motifs is 1. The number of aromatic nitrogens is 2. The Kier molecular flexibility index (Phi) is 4.43. The molecule has 1 heterocycles. The standard InChI is InChI=1S/C14H17ClN2O2/c1-2-3-9-16-12-7-5-4-6-11(12)13(18)17(10-8-15)14(16)19/h4-7H,2-3,8-10H2,1H3. The van der Waals surface area contributed by atoms with Gasteiger partial charge in [0.05, 0.1) is 10.9 Å². The molecule has 0 amide bonds. The van der Waals surface area contributed by atoms with E-state index in [-0.39, 0.29) is 23.7 Å². The zero-order chi connectivity index (χ0) is 13.8. The van der Waals surface area contributed by atoms with Crippen molar-refractivity contribution in [3.05, 3.63) is 45.1 Å². The molecular weight excluding hydrogens is 264 g/mol. The van der Waals surface area contributed by atoms with Gasteiger partial charge in [0.15, 0.2) is 0 Å². The molecule has 1 aromatic heterocycles. The molecule has 19 heavy (non-hydrogen) atoms. The van der Waals surface area contributed by atoms with Crippen LogP contribution in [0, 0.1) is 0 Å². The maximum Gasteiger partial charge on any atom is 0.331 e. The van der Waals surface area contributed by atoms with Gasteiger partial charge in [-0.2, -0.15) is 0 Å². The number of nitrogens with zero attached hydrogens (tertiary/aromatic N) is 2. The number of unbranched alkanes of at least 4 members (excludes halogenated alkanes) is 1. The smallest absolute Gasteiger partial charge is 0.293 e. The van der Waals surface area contributed by atoms with Crippen LogP contribution in [0.3, 0.4) is 0 Å². The molecule has 2 rings (SSSR count). The van der Waals surface area contributed by atoms with E-state index in [1.807, 2.05) is 18.2 Å². The summed E-state index contributed by atoms with van der Waals surface area (Å²) >= 11 is 5.68. The van der Waals surface area contributed by atoms with Gasteiger partial charge in [-0.1, -0.05) is 25.5 Å². The second-order valence-electron chi connectivity index (χ2n) is 4.45. The number of benzene rings is 1. The monoisotopic (exact) mass is 280 g/mol. The molecule has 0 unspecified atom stereocenters. The van der Waals surface area contributed by atoms with E-state index in [0.717, 1.165) is 12.8 Å². The van der Waals surface area contributed by atoms with E-state index >= 15 is 0 Å². The van der Waals surface area contributed by atoms with Crippen molar-refractivity contribution in [2.75, 3.05) is 5.88 Å². The molecule has 0 saturated heterocycles. The molecule has 0 aliphatic rings. The number of hydrogen-bond donors (Lipinski definition) is 0. The van der Waals surface area contributed by atoms with E-state index in [1.165, 1.54) is 4.57 Å². The molecule has 4 nitrogen and oxygen atoms in total. The van der Waals surface area contributed by atoms with E-state index < -0.39 is 0 Å². The predicted octanol–water partition coefficient (Wildman–Crippen LogP) is 2.20. The molecule has 0 fully saturated rings. The summed E-state index contributed by atoms with van der Waals surface area (Å²) in [6.07, 6.45) is 1.90. The fraction of sp³-hybridized carbons (Fsp3) is 0.429. The highest BCUT2D eigenvalue weighted by molar-refractivity contribution is 6.17. The van der Waals surface area contributed by atoms with Gasteiger partial charge in [0.2, 0.25) is 0 Å². The van der Waals surface area contributed by atoms with Crippen molar-refractivity contribution in [1.29, 1.82) is 0 Å². The third-order valence-corrected chi connectivity index (χ3v) is 3.34. The summed E-state index contributed by atoms with van der Waals surface area (Å²) in [5.74, 6) is 0.251. The first kappa shape index (κ1) is 13.9. The number of hydrogen-bond acceptors (Lipinski definition) is 2. The minimum Gasteiger partial charge on any atom is -0.293 e. The van der Waals surface area contributed by atoms with Gasteiger partial charge in [0.1, 0.15) is 0 Å². The Morgan fingerprint density at radius 3 is 2.53 bits per heavy atom. The van der Waals surface area contributed by atoms with Crippen LogP contribution in [0.15, 0.2) is 33.9 Å². The molecule has 5 heteroatoms. The zero-order valence-electron chi connectivity index (χ0n) is 10.9. The van der Waals surface area contributed by atoms with Crippen LogP contribution >= 0.6 is 11.6 Å². The fourth-order valence-corrected chi connectivity index (χ4v) is 2.35. The second-order valence-corrected chi connectivity index (χ2v) is 4.83. The molecule has 0 aliphatic carbocycles. The highest BCUT2D eigenvalue weighted by Gasteiger charge is 2.11. The molecule has 1 aromatic carbocycles. The first-order valence-electron chi connectivity index (χ1n) is 6.49. The molecule has 0 radical (unpaired) electrons. The first-order chi connectivity index (χ1) is 9.20. The largest absolute Gasteiger partial charge is 0.331 e. The van der Waals surface area contributed by atoms with Crippen molar-refractivity contribution in [3.63, 3.8) is 0 Å². The lowest BCUT2D eigenvalue weighted by Gasteiger charge is -2.12. The zero-order valence-corrected chi connectivity index (χ0v) is 11.7. The van der Waals surface area contributed by atoms with Crippen molar-refractivity contribution in [2.24, 2.45) is 0 Å². The van der Waals surface area contributed by atoms with Crippen molar-refractivity contribution in [3.8, 4) is 0 Å². The quantitative estimate of drug-likeness (QED) is 0.788. The van der Waals surface area contributed by atoms with Crippen LogP contribution in [0.5, 0.6) is 0 Å². The van der Waals surface area contributed by atoms with Crippen LogP contribution in [0.1, 0.15) is 19.8 Å². The maximum absolute atomic E-state index is 12.4. The molecule has 0 spiro atoms. The van der Waals surface area contributed by atoms with Crippen LogP contribution in [0.25, 0.3) is 10.9 Å². The van der Waals surface area contributed by atoms with Gasteiger partial charge in [-0.15, -0.1) is 11.6 Å². The highest BCUT2D eigenvalue weighted by Crippen LogP contribution is 2.08. The summed E-state index contributed by atoms with van der Waals surface area (Å²) in [6, 6.07) is 7.22. The molecule has 0 bridgehead atoms. The third-order valence-electron chi connectivity index (χ3n) is 3.18. The summed E-state index contributed by atoms with van der Waals surface area (Å²) in [5, 5.41) is 0.573. The summed E-state index contributed by atoms with van der Waals surface area (Å²) < 4.78 is 2.90. The van der Waals surface area contributed by atoms with E-state index in [1.54, 1.807) is 10.6 Å². The summed E-state index contributed by atoms with van der Waals surface area (Å²) in [7, 11) is 0. The molecular formula is C14H17ClN2O2. The van der Waals surface area contributed by atoms with Crippen LogP contribution < -0.4 is 11.2 Å². The molecule has 0 atom stereocenters. The molecule has 0 N–H and O–H groups in total. The summed E-state index contributed by atoms with van der Waals surface area (Å²) in [5.41, 5.74) is 0.184. The third kappa shape index (κ3) is 2.59. The Hall–Kier alpha value is -1.55. The Morgan fingerprint density at radius 1 is 1.11 bits per heavy atom. The maximum atomic E-state index is 12.4. The van der Waals surface area contributed by atoms with Gasteiger partial charge in [0, 0.05) is 19.0 Å². The summed E-state index contributed by atoms with van der Waals surface area (Å²) in [6.45, 7) is 2.94. The topological polar surface area (TPSA) is 44.0 Å². The van der Waals surface area contributed by atoms with Crippen LogP contribution in [-0.4, -0.2) is 15.0 Å². The van der Waals surface area contributed by atoms with E-state index in [0.29, 0.717) is 17.4 Å². The van der Waals surface area contributed by atoms with Gasteiger partial charge in [-0.3, -0.25) is 13.9 Å². The number of halogens is 1. The lowest BCUT2D eigenvalue weighted by atomic mass is 10.2. The van der Waals surface area contributed by atoms with E-state index in [2.05, 4.69) is 6.92 Å². The van der Waals surface area contributed by atoms with Gasteiger partial charge >= 0.3 is 5.69 Å². The van der Waals surface area contributed by atoms with Crippen molar-refractivity contribution >= 4 is 22.5 Å². The molecule has 2 aromatic rings. The van der Waals surface area contributed by atoms with E-state index in [9.17, 15) is 9.59 Å². The van der Waals surface area contributed by atoms with Crippen molar-refractivity contribution in [1.82, 2.24) is 9.13 Å². The Labute approximate surface area is 116 Å². The Bertz CT molecular complexity index is 688. The number of para-hydroxylation sites is 1. The SMILES string of the molecule is CCCCn1c(=O)n(CCCl)c(=O)c2ccccc21. The van der Waals surface area contributed by atoms with Crippen LogP contribution in [0.2, 0.25) is 0 Å². The van der Waals surface area contributed by atoms with Crippen LogP contribution in [-0.2, 0) is 13.1 Å². The van der Waals surface area contributed by atoms with Crippen LogP contribution in [0.4, 0.5) is 0 Å². The Morgan fingerprint density at radius 2 is 1.84 bits per heavy atom. The van der Waals surface area contributed by atoms with Gasteiger partial charge in [-0.25, -0.2) is 4.79 Å². The predicted molar refractivity (Wildman–Crippen MR) is 78.1 cm³/mol. The number of rotatable bonds is 5. The molecule has 102 valence electrons. The van der Waals surface area contributed by atoms with Crippen molar-refractivity contribution in [2.45, 2.75) is 32.9 Å². The number of alkyl halides is 1.